The highest BCUT2D eigenvalue weighted by Crippen LogP contribution is 2.26. The lowest BCUT2D eigenvalue weighted by Crippen LogP contribution is -2.36. The molecule has 1 saturated heterocycles. The molecule has 124 valence electrons. The zero-order valence-electron chi connectivity index (χ0n) is 13.1. The van der Waals surface area contributed by atoms with Crippen molar-refractivity contribution in [3.8, 4) is 0 Å². The second kappa shape index (κ2) is 7.82. The largest absolute Gasteiger partial charge is 0.401 e. The molecule has 2 fully saturated rings. The standard InChI is InChI=1S/C16H29F3N2/c1-2-13-4-3-5-15(7-6-13)20-10-14-8-9-21(11-14)12-16(17,18)19/h13-15,20H,2-12H2,1H3. The predicted octanol–water partition coefficient (Wildman–Crippen LogP) is 3.82. The zero-order chi connectivity index (χ0) is 15.3. The minimum Gasteiger partial charge on any atom is -0.314 e. The molecule has 1 N–H and O–H groups in total. The van der Waals surface area contributed by atoms with Gasteiger partial charge in [0.05, 0.1) is 6.54 Å². The average Bonchev–Trinajstić information content (AvgIpc) is 2.71. The molecule has 2 aliphatic rings. The second-order valence-electron chi connectivity index (χ2n) is 6.89. The molecule has 1 saturated carbocycles. The predicted molar refractivity (Wildman–Crippen MR) is 79.3 cm³/mol. The van der Waals surface area contributed by atoms with E-state index in [-0.39, 0.29) is 0 Å². The van der Waals surface area contributed by atoms with Crippen LogP contribution < -0.4 is 5.32 Å². The van der Waals surface area contributed by atoms with Crippen molar-refractivity contribution in [2.24, 2.45) is 11.8 Å². The third-order valence-electron chi connectivity index (χ3n) is 5.13. The Morgan fingerprint density at radius 2 is 1.86 bits per heavy atom. The highest BCUT2D eigenvalue weighted by Gasteiger charge is 2.34. The van der Waals surface area contributed by atoms with Gasteiger partial charge in [-0.2, -0.15) is 13.2 Å². The van der Waals surface area contributed by atoms with Crippen molar-refractivity contribution in [3.05, 3.63) is 0 Å². The van der Waals surface area contributed by atoms with E-state index in [0.29, 0.717) is 25.0 Å². The van der Waals surface area contributed by atoms with Crippen LogP contribution in [0.3, 0.4) is 0 Å². The van der Waals surface area contributed by atoms with Gasteiger partial charge in [0.15, 0.2) is 0 Å². The molecule has 0 amide bonds. The molecule has 1 heterocycles. The minimum atomic E-state index is -4.06. The summed E-state index contributed by atoms with van der Waals surface area (Å²) in [7, 11) is 0. The molecule has 2 rings (SSSR count). The summed E-state index contributed by atoms with van der Waals surface area (Å²) in [5.74, 6) is 1.27. The van der Waals surface area contributed by atoms with E-state index in [4.69, 9.17) is 0 Å². The average molecular weight is 306 g/mol. The number of nitrogens with one attached hydrogen (secondary N) is 1. The van der Waals surface area contributed by atoms with Crippen LogP contribution in [0, 0.1) is 11.8 Å². The van der Waals surface area contributed by atoms with Gasteiger partial charge < -0.3 is 5.32 Å². The molecule has 0 aromatic heterocycles. The van der Waals surface area contributed by atoms with Gasteiger partial charge in [0.25, 0.3) is 0 Å². The van der Waals surface area contributed by atoms with Gasteiger partial charge in [-0.1, -0.05) is 26.2 Å². The van der Waals surface area contributed by atoms with Crippen LogP contribution in [0.1, 0.15) is 51.9 Å². The lowest BCUT2D eigenvalue weighted by atomic mass is 9.98. The fourth-order valence-electron chi connectivity index (χ4n) is 3.80. The molecular weight excluding hydrogens is 277 g/mol. The first kappa shape index (κ1) is 17.1. The Morgan fingerprint density at radius 3 is 2.57 bits per heavy atom. The highest BCUT2D eigenvalue weighted by atomic mass is 19.4. The molecule has 1 aliphatic carbocycles. The molecule has 0 bridgehead atoms. The monoisotopic (exact) mass is 306 g/mol. The van der Waals surface area contributed by atoms with Gasteiger partial charge in [-0.05, 0) is 50.6 Å². The van der Waals surface area contributed by atoms with E-state index in [0.717, 1.165) is 18.9 Å². The van der Waals surface area contributed by atoms with E-state index < -0.39 is 12.7 Å². The molecule has 1 aliphatic heterocycles. The maximum atomic E-state index is 12.4. The van der Waals surface area contributed by atoms with Crippen molar-refractivity contribution >= 4 is 0 Å². The van der Waals surface area contributed by atoms with Crippen LogP contribution >= 0.6 is 0 Å². The SMILES string of the molecule is CCC1CCCC(NCC2CCN(CC(F)(F)F)C2)CC1. The first-order valence-corrected chi connectivity index (χ1v) is 8.48. The van der Waals surface area contributed by atoms with Gasteiger partial charge in [0, 0.05) is 12.6 Å². The van der Waals surface area contributed by atoms with Gasteiger partial charge in [-0.15, -0.1) is 0 Å². The summed E-state index contributed by atoms with van der Waals surface area (Å²) < 4.78 is 37.1. The molecule has 2 nitrogen and oxygen atoms in total. The Morgan fingerprint density at radius 1 is 1.05 bits per heavy atom. The zero-order valence-corrected chi connectivity index (χ0v) is 13.1. The quantitative estimate of drug-likeness (QED) is 0.777. The second-order valence-corrected chi connectivity index (χ2v) is 6.89. The summed E-state index contributed by atoms with van der Waals surface area (Å²) >= 11 is 0. The van der Waals surface area contributed by atoms with E-state index in [2.05, 4.69) is 12.2 Å². The van der Waals surface area contributed by atoms with Crippen molar-refractivity contribution in [2.75, 3.05) is 26.2 Å². The maximum absolute atomic E-state index is 12.4. The van der Waals surface area contributed by atoms with Crippen molar-refractivity contribution in [3.63, 3.8) is 0 Å². The van der Waals surface area contributed by atoms with Gasteiger partial charge in [0.1, 0.15) is 0 Å². The van der Waals surface area contributed by atoms with Crippen LogP contribution in [0.15, 0.2) is 0 Å². The fraction of sp³-hybridized carbons (Fsp3) is 1.00. The van der Waals surface area contributed by atoms with Gasteiger partial charge in [-0.25, -0.2) is 0 Å². The lowest BCUT2D eigenvalue weighted by Gasteiger charge is -2.21. The number of hydrogen-bond acceptors (Lipinski definition) is 2. The Bertz CT molecular complexity index is 306. The van der Waals surface area contributed by atoms with E-state index in [9.17, 15) is 13.2 Å². The van der Waals surface area contributed by atoms with Crippen molar-refractivity contribution in [1.82, 2.24) is 10.2 Å². The first-order chi connectivity index (χ1) is 9.96. The maximum Gasteiger partial charge on any atom is 0.401 e. The summed E-state index contributed by atoms with van der Waals surface area (Å²) in [6.45, 7) is 3.60. The Balaban J connectivity index is 1.65. The number of halogens is 3. The smallest absolute Gasteiger partial charge is 0.314 e. The van der Waals surface area contributed by atoms with Gasteiger partial charge in [0.2, 0.25) is 0 Å². The van der Waals surface area contributed by atoms with Crippen LogP contribution in [-0.2, 0) is 0 Å². The fourth-order valence-corrected chi connectivity index (χ4v) is 3.80. The molecule has 3 unspecified atom stereocenters. The van der Waals surface area contributed by atoms with Crippen LogP contribution in [0.4, 0.5) is 13.2 Å². The van der Waals surface area contributed by atoms with Crippen LogP contribution in [0.25, 0.3) is 0 Å². The van der Waals surface area contributed by atoms with E-state index in [1.165, 1.54) is 38.5 Å². The molecule has 3 atom stereocenters. The van der Waals surface area contributed by atoms with E-state index in [1.807, 2.05) is 0 Å². The summed E-state index contributed by atoms with van der Waals surface area (Å²) in [6, 6.07) is 0.582. The number of alkyl halides is 3. The number of rotatable bonds is 5. The topological polar surface area (TPSA) is 15.3 Å². The number of likely N-dealkylation sites (tertiary alicyclic amines) is 1. The number of nitrogens with zero attached hydrogens (tertiary/aromatic N) is 1. The molecule has 5 heteroatoms. The van der Waals surface area contributed by atoms with Crippen LogP contribution in [0.5, 0.6) is 0 Å². The lowest BCUT2D eigenvalue weighted by molar-refractivity contribution is -0.143. The van der Waals surface area contributed by atoms with Crippen LogP contribution in [-0.4, -0.2) is 43.3 Å². The molecule has 0 aromatic rings. The highest BCUT2D eigenvalue weighted by molar-refractivity contribution is 4.81. The Hall–Kier alpha value is -0.290. The summed E-state index contributed by atoms with van der Waals surface area (Å²) in [6.07, 6.45) is 4.53. The molecule has 0 spiro atoms. The Labute approximate surface area is 126 Å². The van der Waals surface area contributed by atoms with Gasteiger partial charge in [-0.3, -0.25) is 4.90 Å². The summed E-state index contributed by atoms with van der Waals surface area (Å²) in [5.41, 5.74) is 0. The first-order valence-electron chi connectivity index (χ1n) is 8.48. The van der Waals surface area contributed by atoms with E-state index >= 15 is 0 Å². The summed E-state index contributed by atoms with van der Waals surface area (Å²) in [5, 5.41) is 3.62. The van der Waals surface area contributed by atoms with E-state index in [1.54, 1.807) is 4.90 Å². The molecule has 21 heavy (non-hydrogen) atoms. The molecule has 0 aromatic carbocycles. The van der Waals surface area contributed by atoms with Crippen molar-refractivity contribution < 1.29 is 13.2 Å². The number of hydrogen-bond donors (Lipinski definition) is 1. The molecular formula is C16H29F3N2. The van der Waals surface area contributed by atoms with Crippen molar-refractivity contribution in [1.29, 1.82) is 0 Å². The molecule has 0 radical (unpaired) electrons. The van der Waals surface area contributed by atoms with Gasteiger partial charge >= 0.3 is 6.18 Å². The summed E-state index contributed by atoms with van der Waals surface area (Å²) in [4.78, 5) is 1.55. The minimum absolute atomic E-state index is 0.387. The van der Waals surface area contributed by atoms with Crippen LogP contribution in [0.2, 0.25) is 0 Å². The normalized spacial score (nSPS) is 32.3. The van der Waals surface area contributed by atoms with Crippen molar-refractivity contribution in [2.45, 2.75) is 64.1 Å². The third-order valence-corrected chi connectivity index (χ3v) is 5.13. The Kier molecular flexibility index (Phi) is 6.35. The third kappa shape index (κ3) is 6.15.